The standard InChI is InChI=1S/C11H16N2O6/c1-3-13(7-10(17)19-4-2)11(18)12-8(14)5-6-9(15)16/h5-6H,3-4,7H2,1-2H3,(H,15,16)(H,12,14,18)/b6-5+. The fourth-order valence-corrected chi connectivity index (χ4v) is 1.06. The maximum Gasteiger partial charge on any atom is 0.328 e. The van der Waals surface area contributed by atoms with Crippen molar-refractivity contribution < 1.29 is 29.0 Å². The largest absolute Gasteiger partial charge is 0.478 e. The molecular formula is C11H16N2O6. The molecule has 0 atom stereocenters. The van der Waals surface area contributed by atoms with Gasteiger partial charge in [-0.2, -0.15) is 0 Å². The molecular weight excluding hydrogens is 256 g/mol. The van der Waals surface area contributed by atoms with Gasteiger partial charge in [0.15, 0.2) is 0 Å². The molecule has 0 unspecified atom stereocenters. The van der Waals surface area contributed by atoms with Gasteiger partial charge in [-0.3, -0.25) is 14.9 Å². The van der Waals surface area contributed by atoms with E-state index in [0.29, 0.717) is 12.2 Å². The first-order valence-corrected chi connectivity index (χ1v) is 5.57. The van der Waals surface area contributed by atoms with Crippen molar-refractivity contribution in [2.45, 2.75) is 13.8 Å². The molecule has 0 aromatic rings. The molecule has 106 valence electrons. The molecule has 0 rings (SSSR count). The molecule has 0 spiro atoms. The quantitative estimate of drug-likeness (QED) is 0.509. The Bertz CT molecular complexity index is 391. The summed E-state index contributed by atoms with van der Waals surface area (Å²) >= 11 is 0. The van der Waals surface area contributed by atoms with Crippen molar-refractivity contribution in [2.75, 3.05) is 19.7 Å². The number of carboxylic acids is 1. The third-order valence-electron chi connectivity index (χ3n) is 1.90. The smallest absolute Gasteiger partial charge is 0.328 e. The van der Waals surface area contributed by atoms with Crippen LogP contribution in [0.25, 0.3) is 0 Å². The van der Waals surface area contributed by atoms with Gasteiger partial charge < -0.3 is 14.7 Å². The lowest BCUT2D eigenvalue weighted by atomic mass is 10.4. The number of imide groups is 1. The molecule has 0 bridgehead atoms. The van der Waals surface area contributed by atoms with Gasteiger partial charge in [-0.05, 0) is 13.8 Å². The highest BCUT2D eigenvalue weighted by Crippen LogP contribution is 1.92. The molecule has 0 saturated carbocycles. The molecule has 19 heavy (non-hydrogen) atoms. The van der Waals surface area contributed by atoms with Crippen LogP contribution in [-0.2, 0) is 19.1 Å². The summed E-state index contributed by atoms with van der Waals surface area (Å²) in [5.74, 6) is -2.77. The highest BCUT2D eigenvalue weighted by atomic mass is 16.5. The Labute approximate surface area is 110 Å². The van der Waals surface area contributed by atoms with Crippen LogP contribution in [0.15, 0.2) is 12.2 Å². The van der Waals surface area contributed by atoms with Gasteiger partial charge in [0.05, 0.1) is 6.61 Å². The third kappa shape index (κ3) is 7.53. The van der Waals surface area contributed by atoms with E-state index in [1.807, 2.05) is 5.32 Å². The Morgan fingerprint density at radius 1 is 1.21 bits per heavy atom. The molecule has 0 heterocycles. The lowest BCUT2D eigenvalue weighted by molar-refractivity contribution is -0.143. The minimum atomic E-state index is -1.30. The number of rotatable bonds is 6. The number of amides is 3. The summed E-state index contributed by atoms with van der Waals surface area (Å²) in [6.07, 6.45) is 1.31. The van der Waals surface area contributed by atoms with E-state index in [1.54, 1.807) is 13.8 Å². The third-order valence-corrected chi connectivity index (χ3v) is 1.90. The van der Waals surface area contributed by atoms with E-state index in [0.717, 1.165) is 4.90 Å². The Kier molecular flexibility index (Phi) is 7.59. The van der Waals surface area contributed by atoms with Gasteiger partial charge >= 0.3 is 18.0 Å². The molecule has 8 nitrogen and oxygen atoms in total. The fraction of sp³-hybridized carbons (Fsp3) is 0.455. The fourth-order valence-electron chi connectivity index (χ4n) is 1.06. The van der Waals surface area contributed by atoms with E-state index >= 15 is 0 Å². The number of hydrogen-bond donors (Lipinski definition) is 2. The molecule has 0 aliphatic carbocycles. The van der Waals surface area contributed by atoms with Crippen molar-refractivity contribution in [2.24, 2.45) is 0 Å². The normalized spacial score (nSPS) is 10.0. The average molecular weight is 272 g/mol. The summed E-state index contributed by atoms with van der Waals surface area (Å²) < 4.78 is 4.67. The van der Waals surface area contributed by atoms with Crippen molar-refractivity contribution in [3.63, 3.8) is 0 Å². The van der Waals surface area contributed by atoms with Crippen LogP contribution in [0.2, 0.25) is 0 Å². The minimum absolute atomic E-state index is 0.193. The number of esters is 1. The van der Waals surface area contributed by atoms with Gasteiger partial charge in [0, 0.05) is 18.7 Å². The monoisotopic (exact) mass is 272 g/mol. The molecule has 3 amide bonds. The van der Waals surface area contributed by atoms with Crippen molar-refractivity contribution in [3.8, 4) is 0 Å². The van der Waals surface area contributed by atoms with E-state index in [-0.39, 0.29) is 19.7 Å². The Morgan fingerprint density at radius 2 is 1.84 bits per heavy atom. The average Bonchev–Trinajstić information content (AvgIpc) is 2.33. The van der Waals surface area contributed by atoms with E-state index in [2.05, 4.69) is 4.74 Å². The first-order valence-electron chi connectivity index (χ1n) is 5.57. The van der Waals surface area contributed by atoms with Gasteiger partial charge in [-0.1, -0.05) is 0 Å². The summed E-state index contributed by atoms with van der Waals surface area (Å²) in [5, 5.41) is 10.2. The Balaban J connectivity index is 4.39. The predicted octanol–water partition coefficient (Wildman–Crippen LogP) is -0.252. The molecule has 0 saturated heterocycles. The highest BCUT2D eigenvalue weighted by Gasteiger charge is 2.17. The van der Waals surface area contributed by atoms with Gasteiger partial charge in [-0.15, -0.1) is 0 Å². The number of hydrogen-bond acceptors (Lipinski definition) is 5. The molecule has 8 heteroatoms. The predicted molar refractivity (Wildman–Crippen MR) is 64.2 cm³/mol. The summed E-state index contributed by atoms with van der Waals surface area (Å²) in [6.45, 7) is 3.36. The van der Waals surface area contributed by atoms with Crippen LogP contribution in [-0.4, -0.2) is 53.6 Å². The number of carboxylic acid groups (broad SMARTS) is 1. The lowest BCUT2D eigenvalue weighted by Gasteiger charge is -2.19. The Morgan fingerprint density at radius 3 is 2.32 bits per heavy atom. The number of aliphatic carboxylic acids is 1. The summed E-state index contributed by atoms with van der Waals surface area (Å²) in [5.41, 5.74) is 0. The van der Waals surface area contributed by atoms with Crippen LogP contribution in [0, 0.1) is 0 Å². The summed E-state index contributed by atoms with van der Waals surface area (Å²) in [6, 6.07) is -0.796. The summed E-state index contributed by atoms with van der Waals surface area (Å²) in [7, 11) is 0. The van der Waals surface area contributed by atoms with Crippen LogP contribution in [0.1, 0.15) is 13.8 Å². The second kappa shape index (κ2) is 8.67. The number of carbonyl (C=O) groups excluding carboxylic acids is 3. The SMILES string of the molecule is CCOC(=O)CN(CC)C(=O)NC(=O)/C=C/C(=O)O. The van der Waals surface area contributed by atoms with Crippen molar-refractivity contribution in [3.05, 3.63) is 12.2 Å². The van der Waals surface area contributed by atoms with Crippen LogP contribution >= 0.6 is 0 Å². The molecule has 0 aliphatic heterocycles. The van der Waals surface area contributed by atoms with Crippen LogP contribution in [0.5, 0.6) is 0 Å². The first kappa shape index (κ1) is 16.6. The van der Waals surface area contributed by atoms with E-state index in [1.165, 1.54) is 0 Å². The van der Waals surface area contributed by atoms with Crippen LogP contribution in [0.3, 0.4) is 0 Å². The molecule has 0 radical (unpaired) electrons. The number of urea groups is 1. The zero-order valence-corrected chi connectivity index (χ0v) is 10.7. The van der Waals surface area contributed by atoms with Crippen molar-refractivity contribution in [1.29, 1.82) is 0 Å². The van der Waals surface area contributed by atoms with Gasteiger partial charge in [0.25, 0.3) is 5.91 Å². The Hall–Kier alpha value is -2.38. The summed E-state index contributed by atoms with van der Waals surface area (Å²) in [4.78, 5) is 45.2. The van der Waals surface area contributed by atoms with Gasteiger partial charge in [0.1, 0.15) is 6.54 Å². The van der Waals surface area contributed by atoms with Crippen LogP contribution < -0.4 is 5.32 Å². The maximum atomic E-state index is 11.6. The van der Waals surface area contributed by atoms with E-state index in [9.17, 15) is 19.2 Å². The van der Waals surface area contributed by atoms with Crippen molar-refractivity contribution >= 4 is 23.9 Å². The maximum absolute atomic E-state index is 11.6. The zero-order chi connectivity index (χ0) is 14.8. The van der Waals surface area contributed by atoms with Crippen LogP contribution in [0.4, 0.5) is 4.79 Å². The van der Waals surface area contributed by atoms with Gasteiger partial charge in [-0.25, -0.2) is 9.59 Å². The zero-order valence-electron chi connectivity index (χ0n) is 10.7. The highest BCUT2D eigenvalue weighted by molar-refractivity contribution is 6.03. The van der Waals surface area contributed by atoms with E-state index < -0.39 is 23.9 Å². The first-order chi connectivity index (χ1) is 8.90. The second-order valence-corrected chi connectivity index (χ2v) is 3.29. The molecule has 0 fully saturated rings. The molecule has 2 N–H and O–H groups in total. The topological polar surface area (TPSA) is 113 Å². The van der Waals surface area contributed by atoms with Crippen molar-refractivity contribution in [1.82, 2.24) is 10.2 Å². The van der Waals surface area contributed by atoms with Gasteiger partial charge in [0.2, 0.25) is 0 Å². The number of carbonyl (C=O) groups is 4. The second-order valence-electron chi connectivity index (χ2n) is 3.29. The molecule has 0 aromatic heterocycles. The number of ether oxygens (including phenoxy) is 1. The lowest BCUT2D eigenvalue weighted by Crippen LogP contribution is -2.44. The molecule has 0 aromatic carbocycles. The number of likely N-dealkylation sites (N-methyl/N-ethyl adjacent to an activating group) is 1. The number of nitrogens with one attached hydrogen (secondary N) is 1. The number of nitrogens with zero attached hydrogens (tertiary/aromatic N) is 1. The minimum Gasteiger partial charge on any atom is -0.478 e. The molecule has 0 aliphatic rings. The van der Waals surface area contributed by atoms with E-state index in [4.69, 9.17) is 5.11 Å².